The minimum Gasteiger partial charge on any atom is -0.379 e. The highest BCUT2D eigenvalue weighted by Gasteiger charge is 2.48. The summed E-state index contributed by atoms with van der Waals surface area (Å²) in [7, 11) is 3.41. The van der Waals surface area contributed by atoms with Crippen LogP contribution in [0, 0.1) is 17.3 Å². The van der Waals surface area contributed by atoms with Gasteiger partial charge in [0.05, 0.1) is 82.1 Å². The standard InChI is InChI=1S/C52H76F3N7O10/c1-61-47(64)29-42(48(61)37-6-5-17-56-32-37)49(65)58-19-23-71-40-7-9-41(10-8-40)72-27-26-69-25-24-68-22-14-46(63)57-18-4-3-15-51(16-11-36(30-51)31-59-44-13-21-70-35-45(44)67-2)50(66)62-20-12-43-38(34-62)28-39(33-60-43)52(53,54)55/h5-6,17,28,32-33,36,40-42,44-45,48,59H,3-4,7-16,18-27,29-31,34-35H2,1-2H3,(H,57,63)(H,58,65)/t36-,40-,41-,42+,44+,45-,48-,51+/m1/s1. The summed E-state index contributed by atoms with van der Waals surface area (Å²) in [6, 6.07) is 4.67. The minimum absolute atomic E-state index is 0.000587. The highest BCUT2D eigenvalue weighted by Crippen LogP contribution is 2.47. The van der Waals surface area contributed by atoms with Gasteiger partial charge in [0, 0.05) is 102 Å². The van der Waals surface area contributed by atoms with Crippen LogP contribution >= 0.6 is 0 Å². The van der Waals surface area contributed by atoms with E-state index in [1.165, 1.54) is 0 Å². The van der Waals surface area contributed by atoms with Gasteiger partial charge in [-0.2, -0.15) is 13.2 Å². The number of nitrogens with zero attached hydrogens (tertiary/aromatic N) is 4. The fourth-order valence-electron chi connectivity index (χ4n) is 11.2. The molecule has 3 aliphatic heterocycles. The molecule has 20 heteroatoms. The minimum atomic E-state index is -4.51. The van der Waals surface area contributed by atoms with Gasteiger partial charge in [-0.3, -0.25) is 29.1 Å². The quantitative estimate of drug-likeness (QED) is 0.107. The molecule has 400 valence electrons. The maximum Gasteiger partial charge on any atom is 0.417 e. The molecule has 17 nitrogen and oxygen atoms in total. The number of unbranched alkanes of at least 4 members (excludes halogenated alkanes) is 1. The van der Waals surface area contributed by atoms with E-state index in [9.17, 15) is 32.3 Å². The van der Waals surface area contributed by atoms with E-state index in [0.29, 0.717) is 109 Å². The molecule has 0 unspecified atom stereocenters. The van der Waals surface area contributed by atoms with E-state index in [2.05, 4.69) is 25.9 Å². The van der Waals surface area contributed by atoms with Crippen LogP contribution in [0.1, 0.15) is 112 Å². The molecule has 0 bridgehead atoms. The molecular weight excluding hydrogens is 940 g/mol. The summed E-state index contributed by atoms with van der Waals surface area (Å²) in [6.07, 6.45) is 9.39. The molecule has 72 heavy (non-hydrogen) atoms. The number of halogens is 3. The molecule has 0 aromatic carbocycles. The summed E-state index contributed by atoms with van der Waals surface area (Å²) in [5.74, 6) is -0.541. The van der Waals surface area contributed by atoms with Gasteiger partial charge in [-0.25, -0.2) is 0 Å². The summed E-state index contributed by atoms with van der Waals surface area (Å²) in [5.41, 5.74) is 0.469. The highest BCUT2D eigenvalue weighted by molar-refractivity contribution is 5.90. The molecule has 4 amide bonds. The number of carbonyl (C=O) groups excluding carboxylic acids is 4. The summed E-state index contributed by atoms with van der Waals surface area (Å²) >= 11 is 0. The van der Waals surface area contributed by atoms with Gasteiger partial charge in [-0.05, 0) is 99.9 Å². The number of pyridine rings is 2. The fraction of sp³-hybridized carbons (Fsp3) is 0.731. The maximum atomic E-state index is 14.5. The van der Waals surface area contributed by atoms with Crippen LogP contribution in [-0.4, -0.2) is 161 Å². The van der Waals surface area contributed by atoms with Crippen molar-refractivity contribution in [2.75, 3.05) is 93.2 Å². The van der Waals surface area contributed by atoms with Gasteiger partial charge < -0.3 is 54.2 Å². The van der Waals surface area contributed by atoms with Gasteiger partial charge in [-0.15, -0.1) is 0 Å². The Bertz CT molecular complexity index is 2050. The maximum absolute atomic E-state index is 14.5. The third-order valence-electron chi connectivity index (χ3n) is 15.2. The summed E-state index contributed by atoms with van der Waals surface area (Å²) in [5, 5.41) is 9.61. The second kappa shape index (κ2) is 27.3. The monoisotopic (exact) mass is 1020 g/mol. The number of hydrogen-bond acceptors (Lipinski definition) is 13. The lowest BCUT2D eigenvalue weighted by atomic mass is 9.78. The number of aromatic nitrogens is 2. The topological polar surface area (TPSA) is 192 Å². The molecule has 2 saturated carbocycles. The molecule has 2 aromatic rings. The first-order chi connectivity index (χ1) is 34.8. The van der Waals surface area contributed by atoms with Crippen molar-refractivity contribution in [2.24, 2.45) is 17.3 Å². The Morgan fingerprint density at radius 2 is 1.69 bits per heavy atom. The first-order valence-electron chi connectivity index (χ1n) is 26.1. The van der Waals surface area contributed by atoms with Gasteiger partial charge in [0.1, 0.15) is 0 Å². The molecule has 3 N–H and O–H groups in total. The van der Waals surface area contributed by atoms with Crippen molar-refractivity contribution in [2.45, 2.75) is 133 Å². The van der Waals surface area contributed by atoms with Crippen LogP contribution in [0.25, 0.3) is 0 Å². The molecule has 2 aliphatic carbocycles. The molecule has 5 aliphatic rings. The summed E-state index contributed by atoms with van der Waals surface area (Å²) < 4.78 is 75.3. The van der Waals surface area contributed by atoms with E-state index in [-0.39, 0.29) is 85.9 Å². The molecule has 0 radical (unpaired) electrons. The van der Waals surface area contributed by atoms with Gasteiger partial charge in [0.15, 0.2) is 0 Å². The Kier molecular flexibility index (Phi) is 21.0. The fourth-order valence-corrected chi connectivity index (χ4v) is 11.2. The molecular formula is C52H76F3N7O10. The Morgan fingerprint density at radius 3 is 2.44 bits per heavy atom. The molecule has 2 saturated heterocycles. The van der Waals surface area contributed by atoms with E-state index < -0.39 is 23.1 Å². The van der Waals surface area contributed by atoms with Crippen LogP contribution in [0.3, 0.4) is 0 Å². The molecule has 0 spiro atoms. The zero-order valence-corrected chi connectivity index (χ0v) is 42.1. The number of amides is 4. The average Bonchev–Trinajstić information content (AvgIpc) is 3.95. The number of alkyl halides is 3. The van der Waals surface area contributed by atoms with Gasteiger partial charge in [-0.1, -0.05) is 12.5 Å². The normalized spacial score (nSPS) is 26.7. The van der Waals surface area contributed by atoms with Crippen LogP contribution in [0.4, 0.5) is 13.2 Å². The number of nitrogens with one attached hydrogen (secondary N) is 3. The number of ether oxygens (including phenoxy) is 6. The second-order valence-electron chi connectivity index (χ2n) is 20.1. The van der Waals surface area contributed by atoms with Crippen molar-refractivity contribution in [3.63, 3.8) is 0 Å². The number of likely N-dealkylation sites (tertiary alicyclic amines) is 1. The van der Waals surface area contributed by atoms with Crippen molar-refractivity contribution in [1.29, 1.82) is 0 Å². The summed E-state index contributed by atoms with van der Waals surface area (Å²) in [6.45, 7) is 5.63. The van der Waals surface area contributed by atoms with Crippen LogP contribution in [0.2, 0.25) is 0 Å². The molecule has 4 fully saturated rings. The van der Waals surface area contributed by atoms with Crippen LogP contribution < -0.4 is 16.0 Å². The van der Waals surface area contributed by atoms with E-state index in [0.717, 1.165) is 69.3 Å². The van der Waals surface area contributed by atoms with Crippen LogP contribution in [-0.2, 0) is 66.7 Å². The van der Waals surface area contributed by atoms with Gasteiger partial charge >= 0.3 is 6.18 Å². The number of carbonyl (C=O) groups is 4. The first kappa shape index (κ1) is 55.4. The van der Waals surface area contributed by atoms with Gasteiger partial charge in [0.25, 0.3) is 0 Å². The smallest absolute Gasteiger partial charge is 0.379 e. The second-order valence-corrected chi connectivity index (χ2v) is 20.1. The summed E-state index contributed by atoms with van der Waals surface area (Å²) in [4.78, 5) is 64.2. The number of rotatable bonds is 26. The lowest BCUT2D eigenvalue weighted by Gasteiger charge is -2.37. The van der Waals surface area contributed by atoms with Crippen molar-refractivity contribution in [1.82, 2.24) is 35.7 Å². The third kappa shape index (κ3) is 15.6. The van der Waals surface area contributed by atoms with Crippen molar-refractivity contribution in [3.05, 3.63) is 59.2 Å². The van der Waals surface area contributed by atoms with Crippen LogP contribution in [0.15, 0.2) is 36.8 Å². The zero-order valence-electron chi connectivity index (χ0n) is 42.1. The Morgan fingerprint density at radius 1 is 0.931 bits per heavy atom. The van der Waals surface area contributed by atoms with E-state index in [4.69, 9.17) is 28.4 Å². The SMILES string of the molecule is CO[C@@H]1COCC[C@@H]1NC[C@@H]1CC[C@](CCCCNC(=O)CCOCCOCCO[C@H]2CC[C@H](OCCNC(=O)[C@H]3CC(=O)N(C)[C@@H]3c3cccnc3)CC2)(C(=O)N2CCc3ncc(C(F)(F)F)cc3C2)C1. The zero-order chi connectivity index (χ0) is 50.9. The predicted molar refractivity (Wildman–Crippen MR) is 258 cm³/mol. The lowest BCUT2D eigenvalue weighted by Crippen LogP contribution is -2.49. The van der Waals surface area contributed by atoms with E-state index >= 15 is 0 Å². The van der Waals surface area contributed by atoms with Crippen molar-refractivity contribution < 1.29 is 60.8 Å². The number of methoxy groups -OCH3 is 1. The number of hydrogen-bond donors (Lipinski definition) is 3. The Balaban J connectivity index is 0.718. The Labute approximate surface area is 421 Å². The van der Waals surface area contributed by atoms with Gasteiger partial charge in [0.2, 0.25) is 23.6 Å². The Hall–Kier alpha value is -4.31. The van der Waals surface area contributed by atoms with E-state index in [1.807, 2.05) is 12.1 Å². The van der Waals surface area contributed by atoms with E-state index in [1.54, 1.807) is 36.4 Å². The molecule has 6 atom stereocenters. The number of fused-ring (bicyclic) bond motifs is 1. The average molecular weight is 1020 g/mol. The van der Waals surface area contributed by atoms with Crippen molar-refractivity contribution >= 4 is 23.6 Å². The molecule has 2 aromatic heterocycles. The lowest BCUT2D eigenvalue weighted by molar-refractivity contribution is -0.144. The highest BCUT2D eigenvalue weighted by atomic mass is 19.4. The van der Waals surface area contributed by atoms with Crippen molar-refractivity contribution in [3.8, 4) is 0 Å². The third-order valence-corrected chi connectivity index (χ3v) is 15.2. The predicted octanol–water partition coefficient (Wildman–Crippen LogP) is 4.95. The largest absolute Gasteiger partial charge is 0.417 e. The molecule has 7 rings (SSSR count). The molecule has 5 heterocycles. The van der Waals surface area contributed by atoms with Crippen LogP contribution in [0.5, 0.6) is 0 Å². The first-order valence-corrected chi connectivity index (χ1v) is 26.1.